The Morgan fingerprint density at radius 2 is 2.00 bits per heavy atom. The summed E-state index contributed by atoms with van der Waals surface area (Å²) in [4.78, 5) is 32.1. The molecule has 0 aliphatic carbocycles. The van der Waals surface area contributed by atoms with Crippen LogP contribution in [0.5, 0.6) is 0 Å². The van der Waals surface area contributed by atoms with Gasteiger partial charge < -0.3 is 20.3 Å². The third kappa shape index (κ3) is 3.61. The standard InChI is InChI=1S/C16H22N4O3/c17-15(21)12-3-4-14(18-10-12)20-5-1-2-13(11-20)16(22)19-6-8-23-9-7-19/h3-4,10,13H,1-2,5-9,11H2,(H2,17,21). The van der Waals surface area contributed by atoms with Gasteiger partial charge in [0.1, 0.15) is 5.82 Å². The van der Waals surface area contributed by atoms with Gasteiger partial charge in [-0.2, -0.15) is 0 Å². The van der Waals surface area contributed by atoms with Crippen molar-refractivity contribution in [3.63, 3.8) is 0 Å². The van der Waals surface area contributed by atoms with Crippen LogP contribution in [0, 0.1) is 5.92 Å². The molecule has 2 aliphatic rings. The summed E-state index contributed by atoms with van der Waals surface area (Å²) in [5.41, 5.74) is 5.63. The number of anilines is 1. The van der Waals surface area contributed by atoms with E-state index in [1.165, 1.54) is 6.20 Å². The number of pyridine rings is 1. The molecule has 3 rings (SSSR count). The largest absolute Gasteiger partial charge is 0.378 e. The molecule has 124 valence electrons. The van der Waals surface area contributed by atoms with Crippen molar-refractivity contribution < 1.29 is 14.3 Å². The van der Waals surface area contributed by atoms with Gasteiger partial charge in [-0.3, -0.25) is 9.59 Å². The Labute approximate surface area is 135 Å². The molecule has 1 aromatic heterocycles. The lowest BCUT2D eigenvalue weighted by molar-refractivity contribution is -0.139. The molecule has 2 amide bonds. The maximum Gasteiger partial charge on any atom is 0.250 e. The van der Waals surface area contributed by atoms with Crippen LogP contribution >= 0.6 is 0 Å². The summed E-state index contributed by atoms with van der Waals surface area (Å²) in [6, 6.07) is 3.47. The monoisotopic (exact) mass is 318 g/mol. The van der Waals surface area contributed by atoms with E-state index in [9.17, 15) is 9.59 Å². The second-order valence-electron chi connectivity index (χ2n) is 5.99. The molecule has 7 heteroatoms. The molecule has 3 heterocycles. The fraction of sp³-hybridized carbons (Fsp3) is 0.562. The van der Waals surface area contributed by atoms with Crippen LogP contribution in [-0.2, 0) is 9.53 Å². The molecule has 7 nitrogen and oxygen atoms in total. The van der Waals surface area contributed by atoms with Gasteiger partial charge in [-0.15, -0.1) is 0 Å². The van der Waals surface area contributed by atoms with Crippen molar-refractivity contribution in [1.82, 2.24) is 9.88 Å². The van der Waals surface area contributed by atoms with Crippen molar-refractivity contribution in [2.45, 2.75) is 12.8 Å². The Kier molecular flexibility index (Phi) is 4.76. The summed E-state index contributed by atoms with van der Waals surface area (Å²) >= 11 is 0. The summed E-state index contributed by atoms with van der Waals surface area (Å²) in [6.45, 7) is 4.15. The Bertz CT molecular complexity index is 569. The molecule has 0 bridgehead atoms. The number of rotatable bonds is 3. The van der Waals surface area contributed by atoms with Crippen molar-refractivity contribution in [3.8, 4) is 0 Å². The topological polar surface area (TPSA) is 88.8 Å². The highest BCUT2D eigenvalue weighted by atomic mass is 16.5. The van der Waals surface area contributed by atoms with Crippen LogP contribution in [-0.4, -0.2) is 61.1 Å². The number of carbonyl (C=O) groups excluding carboxylic acids is 2. The fourth-order valence-corrected chi connectivity index (χ4v) is 3.15. The molecule has 1 atom stereocenters. The molecule has 23 heavy (non-hydrogen) atoms. The normalized spacial score (nSPS) is 22.0. The summed E-state index contributed by atoms with van der Waals surface area (Å²) in [7, 11) is 0. The minimum atomic E-state index is -0.483. The summed E-state index contributed by atoms with van der Waals surface area (Å²) in [5.74, 6) is 0.517. The third-order valence-electron chi connectivity index (χ3n) is 4.45. The van der Waals surface area contributed by atoms with E-state index in [0.29, 0.717) is 38.4 Å². The highest BCUT2D eigenvalue weighted by Crippen LogP contribution is 2.23. The first-order valence-corrected chi connectivity index (χ1v) is 8.02. The number of nitrogens with two attached hydrogens (primary N) is 1. The SMILES string of the molecule is NC(=O)c1ccc(N2CCCC(C(=O)N3CCOCC3)C2)nc1. The van der Waals surface area contributed by atoms with Crippen molar-refractivity contribution in [1.29, 1.82) is 0 Å². The first kappa shape index (κ1) is 15.7. The fourth-order valence-electron chi connectivity index (χ4n) is 3.15. The predicted octanol–water partition coefficient (Wildman–Crippen LogP) is 0.256. The van der Waals surface area contributed by atoms with Gasteiger partial charge in [-0.05, 0) is 25.0 Å². The predicted molar refractivity (Wildman–Crippen MR) is 85.1 cm³/mol. The summed E-state index contributed by atoms with van der Waals surface area (Å²) < 4.78 is 5.31. The average Bonchev–Trinajstić information content (AvgIpc) is 2.62. The van der Waals surface area contributed by atoms with Crippen molar-refractivity contribution in [2.24, 2.45) is 11.7 Å². The van der Waals surface area contributed by atoms with E-state index in [0.717, 1.165) is 25.2 Å². The van der Waals surface area contributed by atoms with Crippen molar-refractivity contribution >= 4 is 17.6 Å². The van der Waals surface area contributed by atoms with E-state index in [-0.39, 0.29) is 11.8 Å². The maximum absolute atomic E-state index is 12.6. The van der Waals surface area contributed by atoms with Gasteiger partial charge in [0.2, 0.25) is 11.8 Å². The Balaban J connectivity index is 1.65. The Hall–Kier alpha value is -2.15. The van der Waals surface area contributed by atoms with Crippen LogP contribution in [0.15, 0.2) is 18.3 Å². The summed E-state index contributed by atoms with van der Waals surface area (Å²) in [5, 5.41) is 0. The highest BCUT2D eigenvalue weighted by Gasteiger charge is 2.30. The number of nitrogens with zero attached hydrogens (tertiary/aromatic N) is 3. The molecule has 0 radical (unpaired) electrons. The van der Waals surface area contributed by atoms with E-state index in [4.69, 9.17) is 10.5 Å². The van der Waals surface area contributed by atoms with Crippen LogP contribution in [0.4, 0.5) is 5.82 Å². The molecular weight excluding hydrogens is 296 g/mol. The number of hydrogen-bond donors (Lipinski definition) is 1. The number of aromatic nitrogens is 1. The van der Waals surface area contributed by atoms with Crippen molar-refractivity contribution in [3.05, 3.63) is 23.9 Å². The Morgan fingerprint density at radius 1 is 1.22 bits per heavy atom. The van der Waals surface area contributed by atoms with Gasteiger partial charge in [0.25, 0.3) is 0 Å². The van der Waals surface area contributed by atoms with E-state index < -0.39 is 5.91 Å². The van der Waals surface area contributed by atoms with Gasteiger partial charge in [0.15, 0.2) is 0 Å². The molecule has 0 saturated carbocycles. The number of hydrogen-bond acceptors (Lipinski definition) is 5. The van der Waals surface area contributed by atoms with E-state index in [2.05, 4.69) is 9.88 Å². The van der Waals surface area contributed by atoms with Crippen LogP contribution in [0.2, 0.25) is 0 Å². The van der Waals surface area contributed by atoms with Gasteiger partial charge in [0, 0.05) is 32.4 Å². The number of primary amides is 1. The smallest absolute Gasteiger partial charge is 0.250 e. The number of ether oxygens (including phenoxy) is 1. The molecule has 2 saturated heterocycles. The number of piperidine rings is 1. The maximum atomic E-state index is 12.6. The van der Waals surface area contributed by atoms with Crippen LogP contribution < -0.4 is 10.6 Å². The van der Waals surface area contributed by atoms with E-state index in [1.54, 1.807) is 12.1 Å². The van der Waals surface area contributed by atoms with Crippen LogP contribution in [0.1, 0.15) is 23.2 Å². The lowest BCUT2D eigenvalue weighted by atomic mass is 9.96. The molecule has 0 aromatic carbocycles. The number of amides is 2. The molecule has 2 fully saturated rings. The first-order valence-electron chi connectivity index (χ1n) is 8.02. The second kappa shape index (κ2) is 6.95. The minimum absolute atomic E-state index is 0.000494. The zero-order valence-electron chi connectivity index (χ0n) is 13.1. The van der Waals surface area contributed by atoms with Gasteiger partial charge in [-0.25, -0.2) is 4.98 Å². The zero-order chi connectivity index (χ0) is 16.2. The van der Waals surface area contributed by atoms with Crippen molar-refractivity contribution in [2.75, 3.05) is 44.3 Å². The number of morpholine rings is 1. The molecule has 2 N–H and O–H groups in total. The highest BCUT2D eigenvalue weighted by molar-refractivity contribution is 5.92. The van der Waals surface area contributed by atoms with E-state index in [1.807, 2.05) is 4.90 Å². The lowest BCUT2D eigenvalue weighted by Crippen LogP contribution is -2.48. The molecule has 0 spiro atoms. The molecule has 1 unspecified atom stereocenters. The van der Waals surface area contributed by atoms with Gasteiger partial charge in [0.05, 0.1) is 24.7 Å². The van der Waals surface area contributed by atoms with Gasteiger partial charge >= 0.3 is 0 Å². The molecule has 1 aromatic rings. The summed E-state index contributed by atoms with van der Waals surface area (Å²) in [6.07, 6.45) is 3.36. The Morgan fingerprint density at radius 3 is 2.65 bits per heavy atom. The van der Waals surface area contributed by atoms with Gasteiger partial charge in [-0.1, -0.05) is 0 Å². The average molecular weight is 318 g/mol. The quantitative estimate of drug-likeness (QED) is 0.863. The van der Waals surface area contributed by atoms with Crippen LogP contribution in [0.3, 0.4) is 0 Å². The first-order chi connectivity index (χ1) is 11.1. The lowest BCUT2D eigenvalue weighted by Gasteiger charge is -2.36. The molecule has 2 aliphatic heterocycles. The third-order valence-corrected chi connectivity index (χ3v) is 4.45. The molecular formula is C16H22N4O3. The van der Waals surface area contributed by atoms with E-state index >= 15 is 0 Å². The zero-order valence-corrected chi connectivity index (χ0v) is 13.1. The second-order valence-corrected chi connectivity index (χ2v) is 5.99. The minimum Gasteiger partial charge on any atom is -0.378 e. The number of carbonyl (C=O) groups is 2. The van der Waals surface area contributed by atoms with Crippen LogP contribution in [0.25, 0.3) is 0 Å².